The lowest BCUT2D eigenvalue weighted by Crippen LogP contribution is -2.08. The van der Waals surface area contributed by atoms with Crippen molar-refractivity contribution in [2.24, 2.45) is 0 Å². The molecule has 5 heteroatoms. The van der Waals surface area contributed by atoms with E-state index < -0.39 is 23.4 Å². The first-order chi connectivity index (χ1) is 15.9. The van der Waals surface area contributed by atoms with Crippen molar-refractivity contribution in [1.29, 1.82) is 0 Å². The van der Waals surface area contributed by atoms with Gasteiger partial charge in [-0.15, -0.1) is 0 Å². The van der Waals surface area contributed by atoms with E-state index in [1.807, 2.05) is 37.3 Å². The Balaban J connectivity index is 1.49. The van der Waals surface area contributed by atoms with Crippen LogP contribution in [0.25, 0.3) is 11.1 Å². The molecule has 0 aliphatic heterocycles. The standard InChI is InChI=1S/C28H21F3O2/c1-18(19-5-3-2-4-6-19)15-25-26(30)16-22(17-27(25)31)20-7-9-21(10-8-20)28(32)33-24-13-11-23(29)12-14-24/h2-14,16-18H,15H2,1H3/t18-/m0/s1. The van der Waals surface area contributed by atoms with E-state index in [2.05, 4.69) is 0 Å². The number of hydrogen-bond donors (Lipinski definition) is 0. The van der Waals surface area contributed by atoms with Gasteiger partial charge in [0.05, 0.1) is 5.56 Å². The molecule has 166 valence electrons. The molecule has 0 bridgehead atoms. The molecule has 0 spiro atoms. The second-order valence-corrected chi connectivity index (χ2v) is 7.86. The largest absolute Gasteiger partial charge is 0.423 e. The third kappa shape index (κ3) is 5.32. The molecule has 4 rings (SSSR count). The molecule has 0 amide bonds. The third-order valence-electron chi connectivity index (χ3n) is 5.50. The van der Waals surface area contributed by atoms with Gasteiger partial charge in [-0.2, -0.15) is 0 Å². The molecule has 4 aromatic rings. The lowest BCUT2D eigenvalue weighted by molar-refractivity contribution is 0.0734. The number of rotatable bonds is 6. The molecule has 0 heterocycles. The first kappa shape index (κ1) is 22.3. The van der Waals surface area contributed by atoms with Gasteiger partial charge in [-0.3, -0.25) is 0 Å². The Bertz CT molecular complexity index is 1230. The number of carbonyl (C=O) groups excluding carboxylic acids is 1. The van der Waals surface area contributed by atoms with Crippen molar-refractivity contribution in [2.75, 3.05) is 0 Å². The van der Waals surface area contributed by atoms with Crippen molar-refractivity contribution in [1.82, 2.24) is 0 Å². The molecule has 0 fully saturated rings. The lowest BCUT2D eigenvalue weighted by Gasteiger charge is -2.14. The van der Waals surface area contributed by atoms with E-state index >= 15 is 0 Å². The fourth-order valence-corrected chi connectivity index (χ4v) is 3.64. The Kier molecular flexibility index (Phi) is 6.59. The van der Waals surface area contributed by atoms with Gasteiger partial charge >= 0.3 is 5.97 Å². The Morgan fingerprint density at radius 1 is 0.788 bits per heavy atom. The number of esters is 1. The third-order valence-corrected chi connectivity index (χ3v) is 5.50. The first-order valence-corrected chi connectivity index (χ1v) is 10.5. The maximum atomic E-state index is 14.8. The highest BCUT2D eigenvalue weighted by Crippen LogP contribution is 2.29. The highest BCUT2D eigenvalue weighted by molar-refractivity contribution is 5.91. The van der Waals surface area contributed by atoms with Crippen molar-refractivity contribution in [3.8, 4) is 16.9 Å². The Hall–Kier alpha value is -3.86. The average molecular weight is 446 g/mol. The monoisotopic (exact) mass is 446 g/mol. The van der Waals surface area contributed by atoms with Crippen LogP contribution < -0.4 is 4.74 Å². The van der Waals surface area contributed by atoms with Gasteiger partial charge in [0.15, 0.2) is 0 Å². The summed E-state index contributed by atoms with van der Waals surface area (Å²) in [7, 11) is 0. The molecule has 0 saturated carbocycles. The van der Waals surface area contributed by atoms with Gasteiger partial charge in [0.2, 0.25) is 0 Å². The summed E-state index contributed by atoms with van der Waals surface area (Å²) in [5, 5.41) is 0. The zero-order valence-corrected chi connectivity index (χ0v) is 17.9. The minimum absolute atomic E-state index is 0.0348. The highest BCUT2D eigenvalue weighted by Gasteiger charge is 2.17. The summed E-state index contributed by atoms with van der Waals surface area (Å²) in [5.74, 6) is -2.07. The minimum Gasteiger partial charge on any atom is -0.423 e. The average Bonchev–Trinajstić information content (AvgIpc) is 2.83. The van der Waals surface area contributed by atoms with E-state index in [0.29, 0.717) is 11.1 Å². The molecule has 0 N–H and O–H groups in total. The quantitative estimate of drug-likeness (QED) is 0.229. The summed E-state index contributed by atoms with van der Waals surface area (Å²) in [4.78, 5) is 12.3. The minimum atomic E-state index is -0.615. The molecule has 0 radical (unpaired) electrons. The van der Waals surface area contributed by atoms with E-state index in [-0.39, 0.29) is 29.2 Å². The van der Waals surface area contributed by atoms with Gasteiger partial charge in [0.25, 0.3) is 0 Å². The van der Waals surface area contributed by atoms with Crippen LogP contribution in [0.1, 0.15) is 34.3 Å². The molecule has 1 atom stereocenters. The van der Waals surface area contributed by atoms with Crippen LogP contribution in [0.15, 0.2) is 91.0 Å². The van der Waals surface area contributed by atoms with Gasteiger partial charge < -0.3 is 4.74 Å². The number of halogens is 3. The molecule has 0 aromatic heterocycles. The molecule has 2 nitrogen and oxygen atoms in total. The zero-order chi connectivity index (χ0) is 23.4. The van der Waals surface area contributed by atoms with Crippen molar-refractivity contribution in [3.05, 3.63) is 125 Å². The number of carbonyl (C=O) groups is 1. The molecule has 0 aliphatic rings. The summed E-state index contributed by atoms with van der Waals surface area (Å²) >= 11 is 0. The van der Waals surface area contributed by atoms with Crippen LogP contribution in [-0.2, 0) is 6.42 Å². The second-order valence-electron chi connectivity index (χ2n) is 7.86. The molecule has 4 aromatic carbocycles. The van der Waals surface area contributed by atoms with Crippen LogP contribution in [0.3, 0.4) is 0 Å². The summed E-state index contributed by atoms with van der Waals surface area (Å²) in [6.45, 7) is 1.94. The topological polar surface area (TPSA) is 26.3 Å². The molecular formula is C28H21F3O2. The van der Waals surface area contributed by atoms with Crippen LogP contribution in [0.2, 0.25) is 0 Å². The second kappa shape index (κ2) is 9.74. The maximum Gasteiger partial charge on any atom is 0.343 e. The molecule has 0 unspecified atom stereocenters. The lowest BCUT2D eigenvalue weighted by atomic mass is 9.92. The normalized spacial score (nSPS) is 11.8. The Labute approximate surface area is 190 Å². The fourth-order valence-electron chi connectivity index (χ4n) is 3.64. The van der Waals surface area contributed by atoms with Crippen molar-refractivity contribution in [2.45, 2.75) is 19.3 Å². The van der Waals surface area contributed by atoms with Gasteiger partial charge in [-0.25, -0.2) is 18.0 Å². The smallest absolute Gasteiger partial charge is 0.343 e. The summed E-state index contributed by atoms with van der Waals surface area (Å²) in [6.07, 6.45) is 0.246. The molecule has 33 heavy (non-hydrogen) atoms. The van der Waals surface area contributed by atoms with Crippen molar-refractivity contribution in [3.63, 3.8) is 0 Å². The summed E-state index contributed by atoms with van der Waals surface area (Å²) in [6, 6.07) is 23.5. The van der Waals surface area contributed by atoms with Crippen LogP contribution >= 0.6 is 0 Å². The number of ether oxygens (including phenoxy) is 1. The predicted octanol–water partition coefficient (Wildman–Crippen LogP) is 7.34. The van der Waals surface area contributed by atoms with Crippen molar-refractivity contribution >= 4 is 5.97 Å². The van der Waals surface area contributed by atoms with E-state index in [1.54, 1.807) is 12.1 Å². The Morgan fingerprint density at radius 3 is 2.00 bits per heavy atom. The molecular weight excluding hydrogens is 425 g/mol. The molecule has 0 aliphatic carbocycles. The summed E-state index contributed by atoms with van der Waals surface area (Å²) in [5.41, 5.74) is 2.27. The SMILES string of the molecule is C[C@@H](Cc1c(F)cc(-c2ccc(C(=O)Oc3ccc(F)cc3)cc2)cc1F)c1ccccc1. The summed E-state index contributed by atoms with van der Waals surface area (Å²) < 4.78 is 47.8. The van der Waals surface area contributed by atoms with Crippen LogP contribution in [-0.4, -0.2) is 5.97 Å². The van der Waals surface area contributed by atoms with Crippen LogP contribution in [0.5, 0.6) is 5.75 Å². The predicted molar refractivity (Wildman–Crippen MR) is 122 cm³/mol. The van der Waals surface area contributed by atoms with Gasteiger partial charge in [0.1, 0.15) is 23.2 Å². The first-order valence-electron chi connectivity index (χ1n) is 10.5. The van der Waals surface area contributed by atoms with E-state index in [4.69, 9.17) is 4.74 Å². The van der Waals surface area contributed by atoms with Crippen LogP contribution in [0.4, 0.5) is 13.2 Å². The van der Waals surface area contributed by atoms with Crippen LogP contribution in [0, 0.1) is 17.5 Å². The molecule has 0 saturated heterocycles. The van der Waals surface area contributed by atoms with Crippen molar-refractivity contribution < 1.29 is 22.7 Å². The number of hydrogen-bond acceptors (Lipinski definition) is 2. The van der Waals surface area contributed by atoms with Gasteiger partial charge in [0, 0.05) is 5.56 Å². The fraction of sp³-hybridized carbons (Fsp3) is 0.107. The maximum absolute atomic E-state index is 14.8. The Morgan fingerprint density at radius 2 is 1.39 bits per heavy atom. The van der Waals surface area contributed by atoms with E-state index in [0.717, 1.165) is 5.56 Å². The van der Waals surface area contributed by atoms with Gasteiger partial charge in [-0.05, 0) is 77.6 Å². The highest BCUT2D eigenvalue weighted by atomic mass is 19.1. The van der Waals surface area contributed by atoms with E-state index in [9.17, 15) is 18.0 Å². The number of benzene rings is 4. The van der Waals surface area contributed by atoms with Gasteiger partial charge in [-0.1, -0.05) is 49.4 Å². The zero-order valence-electron chi connectivity index (χ0n) is 17.9. The van der Waals surface area contributed by atoms with E-state index in [1.165, 1.54) is 48.5 Å².